The second-order valence-corrected chi connectivity index (χ2v) is 11.5. The number of aromatic nitrogens is 2. The van der Waals surface area contributed by atoms with Crippen LogP contribution in [-0.2, 0) is 17.8 Å². The number of hydrogen-bond donors (Lipinski definition) is 1. The van der Waals surface area contributed by atoms with Crippen LogP contribution >= 0.6 is 0 Å². The average molecular weight is 499 g/mol. The van der Waals surface area contributed by atoms with Gasteiger partial charge in [-0.2, -0.15) is 5.10 Å². The maximum absolute atomic E-state index is 14.1. The minimum atomic E-state index is -0.808. The third-order valence-electron chi connectivity index (χ3n) is 8.44. The number of hydrogen-bond acceptors (Lipinski definition) is 4. The maximum atomic E-state index is 14.1. The van der Waals surface area contributed by atoms with E-state index in [9.17, 15) is 14.3 Å². The Morgan fingerprint density at radius 2 is 1.89 bits per heavy atom. The van der Waals surface area contributed by atoms with Gasteiger partial charge in [-0.15, -0.1) is 0 Å². The summed E-state index contributed by atoms with van der Waals surface area (Å²) in [6.07, 6.45) is 3.25. The van der Waals surface area contributed by atoms with Gasteiger partial charge in [-0.05, 0) is 95.1 Å². The van der Waals surface area contributed by atoms with Crippen LogP contribution in [0.4, 0.5) is 4.39 Å². The molecule has 2 aromatic rings. The van der Waals surface area contributed by atoms with E-state index in [4.69, 9.17) is 5.10 Å². The molecule has 2 saturated heterocycles. The first kappa shape index (κ1) is 26.8. The normalized spacial score (nSPS) is 22.4. The van der Waals surface area contributed by atoms with Crippen LogP contribution in [0.15, 0.2) is 24.3 Å². The molecule has 2 aliphatic heterocycles. The summed E-state index contributed by atoms with van der Waals surface area (Å²) in [5, 5.41) is 14.5. The smallest absolute Gasteiger partial charge is 0.310 e. The number of aryl methyl sites for hydroxylation is 2. The second kappa shape index (κ2) is 11.0. The highest BCUT2D eigenvalue weighted by Crippen LogP contribution is 2.38. The fourth-order valence-corrected chi connectivity index (χ4v) is 6.47. The number of aliphatic carboxylic acids is 1. The lowest BCUT2D eigenvalue weighted by Gasteiger charge is -2.35. The molecule has 7 heteroatoms. The van der Waals surface area contributed by atoms with Crippen molar-refractivity contribution in [1.82, 2.24) is 19.6 Å². The summed E-state index contributed by atoms with van der Waals surface area (Å²) >= 11 is 0. The SMILES string of the molecule is CCc1nn(CC)c(C)c1C1CCN(CC2CN(CC(C)(C)C(=O)O)CC2c2cccc(F)c2)CC1. The van der Waals surface area contributed by atoms with E-state index in [0.717, 1.165) is 64.1 Å². The molecule has 0 radical (unpaired) electrons. The van der Waals surface area contributed by atoms with Crippen molar-refractivity contribution in [2.45, 2.75) is 72.3 Å². The Hall–Kier alpha value is -2.25. The summed E-state index contributed by atoms with van der Waals surface area (Å²) in [4.78, 5) is 16.6. The minimum Gasteiger partial charge on any atom is -0.481 e. The number of rotatable bonds is 9. The molecule has 1 aromatic carbocycles. The van der Waals surface area contributed by atoms with Gasteiger partial charge in [-0.1, -0.05) is 19.1 Å². The molecule has 6 nitrogen and oxygen atoms in total. The third kappa shape index (κ3) is 5.67. The quantitative estimate of drug-likeness (QED) is 0.532. The van der Waals surface area contributed by atoms with Gasteiger partial charge >= 0.3 is 5.97 Å². The zero-order chi connectivity index (χ0) is 26.0. The Labute approximate surface area is 215 Å². The van der Waals surface area contributed by atoms with E-state index in [-0.39, 0.29) is 11.7 Å². The van der Waals surface area contributed by atoms with Gasteiger partial charge in [-0.25, -0.2) is 4.39 Å². The fraction of sp³-hybridized carbons (Fsp3) is 0.655. The number of piperidine rings is 1. The molecule has 0 bridgehead atoms. The van der Waals surface area contributed by atoms with Gasteiger partial charge in [0.05, 0.1) is 11.1 Å². The Morgan fingerprint density at radius 1 is 1.17 bits per heavy atom. The zero-order valence-electron chi connectivity index (χ0n) is 22.6. The van der Waals surface area contributed by atoms with Crippen LogP contribution in [0, 0.1) is 24.1 Å². The van der Waals surface area contributed by atoms with E-state index < -0.39 is 11.4 Å². The van der Waals surface area contributed by atoms with Crippen molar-refractivity contribution in [3.05, 3.63) is 52.6 Å². The Kier molecular flexibility index (Phi) is 8.20. The molecule has 2 unspecified atom stereocenters. The van der Waals surface area contributed by atoms with Gasteiger partial charge in [0.2, 0.25) is 0 Å². The highest BCUT2D eigenvalue weighted by atomic mass is 19.1. The highest BCUT2D eigenvalue weighted by molar-refractivity contribution is 5.73. The number of carboxylic acid groups (broad SMARTS) is 1. The molecule has 4 rings (SSSR count). The molecule has 198 valence electrons. The van der Waals surface area contributed by atoms with Crippen molar-refractivity contribution in [3.8, 4) is 0 Å². The van der Waals surface area contributed by atoms with Crippen molar-refractivity contribution in [2.75, 3.05) is 39.3 Å². The molecule has 1 N–H and O–H groups in total. The van der Waals surface area contributed by atoms with E-state index in [1.54, 1.807) is 26.0 Å². The van der Waals surface area contributed by atoms with E-state index in [1.165, 1.54) is 23.0 Å². The van der Waals surface area contributed by atoms with Crippen molar-refractivity contribution in [2.24, 2.45) is 11.3 Å². The number of halogens is 1. The topological polar surface area (TPSA) is 61.6 Å². The molecule has 0 saturated carbocycles. The van der Waals surface area contributed by atoms with E-state index >= 15 is 0 Å². The minimum absolute atomic E-state index is 0.203. The summed E-state index contributed by atoms with van der Waals surface area (Å²) in [6.45, 7) is 16.3. The molecule has 2 aliphatic rings. The van der Waals surface area contributed by atoms with Gasteiger partial charge in [0.15, 0.2) is 0 Å². The third-order valence-corrected chi connectivity index (χ3v) is 8.44. The summed E-state index contributed by atoms with van der Waals surface area (Å²) in [7, 11) is 0. The number of carbonyl (C=O) groups is 1. The predicted molar refractivity (Wildman–Crippen MR) is 141 cm³/mol. The van der Waals surface area contributed by atoms with Gasteiger partial charge in [-0.3, -0.25) is 9.48 Å². The number of carboxylic acids is 1. The summed E-state index contributed by atoms with van der Waals surface area (Å²) in [5.41, 5.74) is 4.27. The maximum Gasteiger partial charge on any atom is 0.310 e. The Morgan fingerprint density at radius 3 is 2.50 bits per heavy atom. The lowest BCUT2D eigenvalue weighted by Crippen LogP contribution is -2.40. The van der Waals surface area contributed by atoms with Gasteiger partial charge < -0.3 is 14.9 Å². The number of nitrogens with zero attached hydrogens (tertiary/aromatic N) is 4. The van der Waals surface area contributed by atoms with Crippen LogP contribution < -0.4 is 0 Å². The standard InChI is InChI=1S/C29H43FN4O2/c1-6-26-27(20(3)34(7-2)31-26)21-11-13-32(14-12-21)16-23-17-33(19-29(4,5)28(35)36)18-25(23)22-9-8-10-24(30)15-22/h8-10,15,21,23,25H,6-7,11-14,16-19H2,1-5H3,(H,35,36). The van der Waals surface area contributed by atoms with Crippen molar-refractivity contribution in [3.63, 3.8) is 0 Å². The Bertz CT molecular complexity index is 1060. The molecular formula is C29H43FN4O2. The number of likely N-dealkylation sites (tertiary alicyclic amines) is 2. The van der Waals surface area contributed by atoms with Crippen LogP contribution in [0.3, 0.4) is 0 Å². The first-order chi connectivity index (χ1) is 17.1. The average Bonchev–Trinajstić information content (AvgIpc) is 3.38. The van der Waals surface area contributed by atoms with Crippen molar-refractivity contribution < 1.29 is 14.3 Å². The Balaban J connectivity index is 1.45. The molecule has 0 amide bonds. The monoisotopic (exact) mass is 498 g/mol. The van der Waals surface area contributed by atoms with Gasteiger partial charge in [0.1, 0.15) is 5.82 Å². The molecule has 2 atom stereocenters. The van der Waals surface area contributed by atoms with Crippen LogP contribution in [0.1, 0.15) is 74.9 Å². The lowest BCUT2D eigenvalue weighted by atomic mass is 9.85. The predicted octanol–water partition coefficient (Wildman–Crippen LogP) is 4.92. The first-order valence-electron chi connectivity index (χ1n) is 13.6. The fourth-order valence-electron chi connectivity index (χ4n) is 6.47. The van der Waals surface area contributed by atoms with E-state index in [1.807, 2.05) is 6.07 Å². The van der Waals surface area contributed by atoms with Gasteiger partial charge in [0, 0.05) is 44.3 Å². The first-order valence-corrected chi connectivity index (χ1v) is 13.6. The highest BCUT2D eigenvalue weighted by Gasteiger charge is 2.39. The molecule has 1 aromatic heterocycles. The summed E-state index contributed by atoms with van der Waals surface area (Å²) in [6, 6.07) is 6.98. The molecule has 36 heavy (non-hydrogen) atoms. The summed E-state index contributed by atoms with van der Waals surface area (Å²) < 4.78 is 16.2. The van der Waals surface area contributed by atoms with Crippen LogP contribution in [-0.4, -0.2) is 69.9 Å². The van der Waals surface area contributed by atoms with Crippen LogP contribution in [0.2, 0.25) is 0 Å². The molecule has 3 heterocycles. The van der Waals surface area contributed by atoms with Crippen molar-refractivity contribution >= 4 is 5.97 Å². The second-order valence-electron chi connectivity index (χ2n) is 11.5. The summed E-state index contributed by atoms with van der Waals surface area (Å²) in [5.74, 6) is 0.144. The molecule has 0 aliphatic carbocycles. The van der Waals surface area contributed by atoms with E-state index in [0.29, 0.717) is 18.4 Å². The number of benzene rings is 1. The molecular weight excluding hydrogens is 455 g/mol. The van der Waals surface area contributed by atoms with E-state index in [2.05, 4.69) is 35.3 Å². The van der Waals surface area contributed by atoms with Gasteiger partial charge in [0.25, 0.3) is 0 Å². The molecule has 2 fully saturated rings. The zero-order valence-corrected chi connectivity index (χ0v) is 22.6. The molecule has 0 spiro atoms. The van der Waals surface area contributed by atoms with Crippen LogP contribution in [0.25, 0.3) is 0 Å². The lowest BCUT2D eigenvalue weighted by molar-refractivity contribution is -0.147. The van der Waals surface area contributed by atoms with Crippen LogP contribution in [0.5, 0.6) is 0 Å². The largest absolute Gasteiger partial charge is 0.481 e. The van der Waals surface area contributed by atoms with Crippen molar-refractivity contribution in [1.29, 1.82) is 0 Å².